The van der Waals surface area contributed by atoms with Gasteiger partial charge in [-0.25, -0.2) is 22.6 Å². The van der Waals surface area contributed by atoms with E-state index in [4.69, 9.17) is 4.74 Å². The van der Waals surface area contributed by atoms with Crippen molar-refractivity contribution in [1.82, 2.24) is 9.29 Å². The van der Waals surface area contributed by atoms with Crippen LogP contribution in [0.3, 0.4) is 0 Å². The molecule has 0 aliphatic rings. The summed E-state index contributed by atoms with van der Waals surface area (Å²) in [7, 11) is -4.11. The Balaban J connectivity index is 1.68. The standard InChI is InChI=1S/C20H20FN3O5S2/c1-3-24(4-2)31(27,28)17-11-13(9-10-14(17)21)19(26)29-12-18(25)23-20-22-15-7-5-6-8-16(15)30-20/h5-11H,3-4,12H2,1-2H3,(H,22,23,25). The van der Waals surface area contributed by atoms with E-state index in [9.17, 15) is 22.4 Å². The summed E-state index contributed by atoms with van der Waals surface area (Å²) >= 11 is 1.27. The Morgan fingerprint density at radius 3 is 2.55 bits per heavy atom. The van der Waals surface area contributed by atoms with E-state index in [1.165, 1.54) is 11.3 Å². The van der Waals surface area contributed by atoms with Crippen LogP contribution in [0.25, 0.3) is 10.2 Å². The molecule has 0 aliphatic heterocycles. The van der Waals surface area contributed by atoms with Gasteiger partial charge in [-0.1, -0.05) is 37.3 Å². The van der Waals surface area contributed by atoms with E-state index in [-0.39, 0.29) is 18.7 Å². The van der Waals surface area contributed by atoms with Gasteiger partial charge in [0.25, 0.3) is 5.91 Å². The Labute approximate surface area is 182 Å². The highest BCUT2D eigenvalue weighted by atomic mass is 32.2. The molecule has 11 heteroatoms. The molecule has 0 bridgehead atoms. The van der Waals surface area contributed by atoms with Crippen molar-refractivity contribution < 1.29 is 27.1 Å². The molecule has 2 aromatic carbocycles. The van der Waals surface area contributed by atoms with Crippen LogP contribution in [0.2, 0.25) is 0 Å². The number of carbonyl (C=O) groups excluding carboxylic acids is 2. The molecular weight excluding hydrogens is 445 g/mol. The number of carbonyl (C=O) groups is 2. The van der Waals surface area contributed by atoms with Crippen molar-refractivity contribution in [3.05, 3.63) is 53.8 Å². The fourth-order valence-electron chi connectivity index (χ4n) is 2.83. The molecule has 3 rings (SSSR count). The molecule has 0 spiro atoms. The first-order chi connectivity index (χ1) is 14.8. The number of fused-ring (bicyclic) bond motifs is 1. The maximum absolute atomic E-state index is 14.2. The summed E-state index contributed by atoms with van der Waals surface area (Å²) in [6.07, 6.45) is 0. The molecule has 0 radical (unpaired) electrons. The first kappa shape index (κ1) is 22.8. The van der Waals surface area contributed by atoms with Crippen LogP contribution >= 0.6 is 11.3 Å². The number of rotatable bonds is 8. The molecule has 3 aromatic rings. The summed E-state index contributed by atoms with van der Waals surface area (Å²) in [6.45, 7) is 2.95. The zero-order valence-electron chi connectivity index (χ0n) is 16.8. The number of amides is 1. The lowest BCUT2D eigenvalue weighted by atomic mass is 10.2. The van der Waals surface area contributed by atoms with Gasteiger partial charge in [0.15, 0.2) is 11.7 Å². The maximum atomic E-state index is 14.2. The third-order valence-electron chi connectivity index (χ3n) is 4.36. The maximum Gasteiger partial charge on any atom is 0.338 e. The van der Waals surface area contributed by atoms with Gasteiger partial charge in [-0.3, -0.25) is 10.1 Å². The lowest BCUT2D eigenvalue weighted by Crippen LogP contribution is -2.31. The van der Waals surface area contributed by atoms with Crippen molar-refractivity contribution in [1.29, 1.82) is 0 Å². The third kappa shape index (κ3) is 5.06. The van der Waals surface area contributed by atoms with Crippen LogP contribution in [0.15, 0.2) is 47.4 Å². The quantitative estimate of drug-likeness (QED) is 0.512. The topological polar surface area (TPSA) is 106 Å². The third-order valence-corrected chi connectivity index (χ3v) is 7.38. The van der Waals surface area contributed by atoms with Gasteiger partial charge in [-0.2, -0.15) is 4.31 Å². The minimum Gasteiger partial charge on any atom is -0.452 e. The molecule has 1 N–H and O–H groups in total. The number of aromatic nitrogens is 1. The van der Waals surface area contributed by atoms with E-state index >= 15 is 0 Å². The van der Waals surface area contributed by atoms with Gasteiger partial charge in [-0.15, -0.1) is 0 Å². The van der Waals surface area contributed by atoms with E-state index in [1.54, 1.807) is 19.9 Å². The zero-order valence-corrected chi connectivity index (χ0v) is 18.4. The number of anilines is 1. The number of hydrogen-bond acceptors (Lipinski definition) is 7. The van der Waals surface area contributed by atoms with Gasteiger partial charge >= 0.3 is 5.97 Å². The van der Waals surface area contributed by atoms with Crippen LogP contribution in [0.1, 0.15) is 24.2 Å². The second-order valence-corrected chi connectivity index (χ2v) is 9.28. The molecule has 0 atom stereocenters. The monoisotopic (exact) mass is 465 g/mol. The SMILES string of the molecule is CCN(CC)S(=O)(=O)c1cc(C(=O)OCC(=O)Nc2nc3ccccc3s2)ccc1F. The Morgan fingerprint density at radius 1 is 1.16 bits per heavy atom. The molecule has 1 heterocycles. The first-order valence-corrected chi connectivity index (χ1v) is 11.6. The van der Waals surface area contributed by atoms with E-state index in [1.807, 2.05) is 18.2 Å². The predicted octanol–water partition coefficient (Wildman–Crippen LogP) is 3.26. The molecule has 0 saturated heterocycles. The molecule has 1 amide bonds. The van der Waals surface area contributed by atoms with Crippen LogP contribution in [0.4, 0.5) is 9.52 Å². The van der Waals surface area contributed by atoms with E-state index in [0.29, 0.717) is 5.13 Å². The van der Waals surface area contributed by atoms with Crippen molar-refractivity contribution in [2.24, 2.45) is 0 Å². The van der Waals surface area contributed by atoms with Crippen molar-refractivity contribution in [3.63, 3.8) is 0 Å². The molecule has 31 heavy (non-hydrogen) atoms. The molecule has 164 valence electrons. The van der Waals surface area contributed by atoms with Gasteiger partial charge in [0.1, 0.15) is 10.7 Å². The minimum absolute atomic E-state index is 0.152. The summed E-state index contributed by atoms with van der Waals surface area (Å²) in [6, 6.07) is 10.2. The Bertz CT molecular complexity index is 1190. The number of ether oxygens (including phenoxy) is 1. The van der Waals surface area contributed by atoms with Crippen molar-refractivity contribution >= 4 is 48.6 Å². The van der Waals surface area contributed by atoms with Crippen LogP contribution < -0.4 is 5.32 Å². The first-order valence-electron chi connectivity index (χ1n) is 9.38. The van der Waals surface area contributed by atoms with Crippen LogP contribution in [0.5, 0.6) is 0 Å². The summed E-state index contributed by atoms with van der Waals surface area (Å²) in [5.41, 5.74) is 0.549. The van der Waals surface area contributed by atoms with E-state index in [0.717, 1.165) is 32.7 Å². The average molecular weight is 466 g/mol. The highest BCUT2D eigenvalue weighted by Gasteiger charge is 2.26. The smallest absolute Gasteiger partial charge is 0.338 e. The summed E-state index contributed by atoms with van der Waals surface area (Å²) in [5.74, 6) is -2.53. The normalized spacial score (nSPS) is 11.6. The lowest BCUT2D eigenvalue weighted by molar-refractivity contribution is -0.119. The van der Waals surface area contributed by atoms with Crippen molar-refractivity contribution in [2.75, 3.05) is 25.0 Å². The lowest BCUT2D eigenvalue weighted by Gasteiger charge is -2.19. The minimum atomic E-state index is -4.11. The number of halogens is 1. The molecule has 0 unspecified atom stereocenters. The van der Waals surface area contributed by atoms with Crippen LogP contribution in [-0.4, -0.2) is 49.3 Å². The van der Waals surface area contributed by atoms with E-state index in [2.05, 4.69) is 10.3 Å². The summed E-state index contributed by atoms with van der Waals surface area (Å²) in [4.78, 5) is 28.0. The number of benzene rings is 2. The van der Waals surface area contributed by atoms with Gasteiger partial charge < -0.3 is 4.74 Å². The number of esters is 1. The van der Waals surface area contributed by atoms with E-state index < -0.39 is 39.2 Å². The summed E-state index contributed by atoms with van der Waals surface area (Å²) in [5, 5.41) is 2.90. The van der Waals surface area contributed by atoms with Crippen molar-refractivity contribution in [2.45, 2.75) is 18.7 Å². The zero-order chi connectivity index (χ0) is 22.6. The van der Waals surface area contributed by atoms with Gasteiger partial charge in [0.05, 0.1) is 15.8 Å². The number of sulfonamides is 1. The molecule has 0 fully saturated rings. The van der Waals surface area contributed by atoms with Crippen LogP contribution in [0, 0.1) is 5.82 Å². The molecule has 8 nitrogen and oxygen atoms in total. The highest BCUT2D eigenvalue weighted by molar-refractivity contribution is 7.89. The molecule has 0 aliphatic carbocycles. The number of hydrogen-bond donors (Lipinski definition) is 1. The Morgan fingerprint density at radius 2 is 1.87 bits per heavy atom. The summed E-state index contributed by atoms with van der Waals surface area (Å²) < 4.78 is 46.3. The van der Waals surface area contributed by atoms with Gasteiger partial charge in [0, 0.05) is 13.1 Å². The van der Waals surface area contributed by atoms with Gasteiger partial charge in [0.2, 0.25) is 10.0 Å². The molecular formula is C20H20FN3O5S2. The Hall–Kier alpha value is -2.89. The number of nitrogens with zero attached hydrogens (tertiary/aromatic N) is 2. The largest absolute Gasteiger partial charge is 0.452 e. The fraction of sp³-hybridized carbons (Fsp3) is 0.250. The van der Waals surface area contributed by atoms with Crippen LogP contribution in [-0.2, 0) is 19.6 Å². The second-order valence-electron chi connectivity index (χ2n) is 6.35. The van der Waals surface area contributed by atoms with Crippen molar-refractivity contribution in [3.8, 4) is 0 Å². The number of thiazole rings is 1. The average Bonchev–Trinajstić information content (AvgIpc) is 3.15. The molecule has 1 aromatic heterocycles. The highest BCUT2D eigenvalue weighted by Crippen LogP contribution is 2.25. The second kappa shape index (κ2) is 9.50. The Kier molecular flexibility index (Phi) is 6.98. The fourth-order valence-corrected chi connectivity index (χ4v) is 5.26. The number of nitrogens with one attached hydrogen (secondary N) is 1. The predicted molar refractivity (Wildman–Crippen MR) is 115 cm³/mol. The number of para-hydroxylation sites is 1. The molecule has 0 saturated carbocycles. The van der Waals surface area contributed by atoms with Gasteiger partial charge in [-0.05, 0) is 30.3 Å².